The Bertz CT molecular complexity index is 668. The van der Waals surface area contributed by atoms with Crippen LogP contribution >= 0.6 is 11.6 Å². The molecule has 134 valence electrons. The Morgan fingerprint density at radius 1 is 0.880 bits per heavy atom. The van der Waals surface area contributed by atoms with Crippen molar-refractivity contribution in [3.63, 3.8) is 0 Å². The number of ether oxygens (including phenoxy) is 4. The van der Waals surface area contributed by atoms with Crippen molar-refractivity contribution in [2.75, 3.05) is 33.5 Å². The summed E-state index contributed by atoms with van der Waals surface area (Å²) in [5.74, 6) is 2.19. The van der Waals surface area contributed by atoms with E-state index in [-0.39, 0.29) is 0 Å². The summed E-state index contributed by atoms with van der Waals surface area (Å²) < 4.78 is 22.1. The fourth-order valence-corrected chi connectivity index (χ4v) is 2.29. The first-order valence-corrected chi connectivity index (χ1v) is 8.50. The van der Waals surface area contributed by atoms with Crippen LogP contribution in [0.15, 0.2) is 48.5 Å². The molecule has 25 heavy (non-hydrogen) atoms. The van der Waals surface area contributed by atoms with Crippen LogP contribution in [0.4, 0.5) is 0 Å². The molecule has 0 atom stereocenters. The molecule has 0 saturated carbocycles. The van der Waals surface area contributed by atoms with E-state index in [1.54, 1.807) is 19.2 Å². The van der Waals surface area contributed by atoms with E-state index >= 15 is 0 Å². The monoisotopic (exact) mass is 362 g/mol. The molecule has 0 bridgehead atoms. The molecule has 0 aliphatic carbocycles. The van der Waals surface area contributed by atoms with Gasteiger partial charge in [0.25, 0.3) is 0 Å². The summed E-state index contributed by atoms with van der Waals surface area (Å²) in [5, 5.41) is 0.690. The van der Waals surface area contributed by atoms with Gasteiger partial charge in [-0.15, -0.1) is 0 Å². The third-order valence-electron chi connectivity index (χ3n) is 3.34. The fraction of sp³-hybridized carbons (Fsp3) is 0.300. The summed E-state index contributed by atoms with van der Waals surface area (Å²) in [4.78, 5) is 0. The Labute approximate surface area is 153 Å². The van der Waals surface area contributed by atoms with Crippen LogP contribution in [0.1, 0.15) is 12.5 Å². The Balaban J connectivity index is 1.65. The van der Waals surface area contributed by atoms with Crippen molar-refractivity contribution in [2.24, 2.45) is 0 Å². The molecule has 0 aromatic heterocycles. The highest BCUT2D eigenvalue weighted by Crippen LogP contribution is 2.28. The minimum absolute atomic E-state index is 0.445. The molecule has 0 saturated heterocycles. The Hall–Kier alpha value is -2.17. The van der Waals surface area contributed by atoms with Gasteiger partial charge in [0.2, 0.25) is 0 Å². The lowest BCUT2D eigenvalue weighted by Crippen LogP contribution is -2.12. The maximum atomic E-state index is 5.82. The molecule has 0 aliphatic rings. The number of rotatable bonds is 10. The highest BCUT2D eigenvalue weighted by Gasteiger charge is 2.04. The minimum atomic E-state index is 0.445. The second kappa shape index (κ2) is 10.6. The lowest BCUT2D eigenvalue weighted by molar-refractivity contribution is 0.0757. The number of hydrogen-bond donors (Lipinski definition) is 0. The van der Waals surface area contributed by atoms with Crippen molar-refractivity contribution in [1.29, 1.82) is 0 Å². The third kappa shape index (κ3) is 6.69. The van der Waals surface area contributed by atoms with E-state index in [2.05, 4.69) is 0 Å². The van der Waals surface area contributed by atoms with Crippen LogP contribution in [0.3, 0.4) is 0 Å². The summed E-state index contributed by atoms with van der Waals surface area (Å²) in [5.41, 5.74) is 1.07. The van der Waals surface area contributed by atoms with Crippen molar-refractivity contribution in [1.82, 2.24) is 0 Å². The number of benzene rings is 2. The maximum Gasteiger partial charge on any atom is 0.161 e. The van der Waals surface area contributed by atoms with Crippen LogP contribution in [0, 0.1) is 0 Å². The molecular formula is C20H23ClO4. The van der Waals surface area contributed by atoms with Gasteiger partial charge < -0.3 is 18.9 Å². The van der Waals surface area contributed by atoms with Gasteiger partial charge in [-0.05, 0) is 48.9 Å². The van der Waals surface area contributed by atoms with Gasteiger partial charge in [0.15, 0.2) is 11.5 Å². The molecule has 0 aliphatic heterocycles. The van der Waals surface area contributed by atoms with Gasteiger partial charge in [-0.1, -0.05) is 29.8 Å². The molecule has 0 spiro atoms. The Morgan fingerprint density at radius 3 is 2.28 bits per heavy atom. The molecule has 0 heterocycles. The SMILES string of the molecule is C/C=C/c1ccc(OCCOCCOc2ccc(Cl)cc2)c(OC)c1. The molecule has 0 unspecified atom stereocenters. The molecule has 0 N–H and O–H groups in total. The van der Waals surface area contributed by atoms with Gasteiger partial charge in [0.05, 0.1) is 20.3 Å². The molecule has 0 fully saturated rings. The smallest absolute Gasteiger partial charge is 0.161 e. The van der Waals surface area contributed by atoms with E-state index in [0.29, 0.717) is 42.9 Å². The summed E-state index contributed by atoms with van der Waals surface area (Å²) >= 11 is 5.82. The van der Waals surface area contributed by atoms with Crippen LogP contribution < -0.4 is 14.2 Å². The average Bonchev–Trinajstić information content (AvgIpc) is 2.63. The van der Waals surface area contributed by atoms with E-state index in [1.807, 2.05) is 49.4 Å². The zero-order chi connectivity index (χ0) is 17.9. The molecular weight excluding hydrogens is 340 g/mol. The predicted octanol–water partition coefficient (Wildman–Crippen LogP) is 4.86. The molecule has 0 radical (unpaired) electrons. The largest absolute Gasteiger partial charge is 0.493 e. The number of allylic oxidation sites excluding steroid dienone is 1. The molecule has 5 heteroatoms. The second-order valence-corrected chi connectivity index (χ2v) is 5.61. The van der Waals surface area contributed by atoms with Gasteiger partial charge in [-0.25, -0.2) is 0 Å². The first-order chi connectivity index (χ1) is 12.2. The second-order valence-electron chi connectivity index (χ2n) is 5.17. The van der Waals surface area contributed by atoms with Crippen molar-refractivity contribution in [3.8, 4) is 17.2 Å². The molecule has 2 aromatic carbocycles. The lowest BCUT2D eigenvalue weighted by atomic mass is 10.2. The summed E-state index contributed by atoms with van der Waals surface area (Å²) in [6.45, 7) is 3.86. The Morgan fingerprint density at radius 2 is 1.60 bits per heavy atom. The van der Waals surface area contributed by atoms with Gasteiger partial charge in [-0.3, -0.25) is 0 Å². The zero-order valence-corrected chi connectivity index (χ0v) is 15.3. The van der Waals surface area contributed by atoms with Crippen LogP contribution in [0.25, 0.3) is 6.08 Å². The van der Waals surface area contributed by atoms with E-state index in [9.17, 15) is 0 Å². The van der Waals surface area contributed by atoms with Crippen molar-refractivity contribution in [3.05, 3.63) is 59.1 Å². The molecule has 2 aromatic rings. The molecule has 0 amide bonds. The average molecular weight is 363 g/mol. The Kier molecular flexibility index (Phi) is 8.16. The normalized spacial score (nSPS) is 10.8. The predicted molar refractivity (Wildman–Crippen MR) is 101 cm³/mol. The zero-order valence-electron chi connectivity index (χ0n) is 14.5. The minimum Gasteiger partial charge on any atom is -0.493 e. The number of halogens is 1. The highest BCUT2D eigenvalue weighted by atomic mass is 35.5. The van der Waals surface area contributed by atoms with E-state index < -0.39 is 0 Å². The van der Waals surface area contributed by atoms with Crippen molar-refractivity contribution in [2.45, 2.75) is 6.92 Å². The van der Waals surface area contributed by atoms with Gasteiger partial charge in [0, 0.05) is 5.02 Å². The molecule has 4 nitrogen and oxygen atoms in total. The van der Waals surface area contributed by atoms with Crippen LogP contribution in [0.5, 0.6) is 17.2 Å². The van der Waals surface area contributed by atoms with Gasteiger partial charge in [-0.2, -0.15) is 0 Å². The van der Waals surface area contributed by atoms with E-state index in [1.165, 1.54) is 0 Å². The standard InChI is InChI=1S/C20H23ClO4/c1-3-4-16-5-10-19(20(15-16)22-2)25-14-12-23-11-13-24-18-8-6-17(21)7-9-18/h3-10,15H,11-14H2,1-2H3/b4-3+. The quantitative estimate of drug-likeness (QED) is 0.566. The summed E-state index contributed by atoms with van der Waals surface area (Å²) in [7, 11) is 1.63. The molecule has 2 rings (SSSR count). The lowest BCUT2D eigenvalue weighted by Gasteiger charge is -2.12. The maximum absolute atomic E-state index is 5.82. The van der Waals surface area contributed by atoms with E-state index in [0.717, 1.165) is 11.3 Å². The highest BCUT2D eigenvalue weighted by molar-refractivity contribution is 6.30. The first kappa shape index (κ1) is 19.2. The van der Waals surface area contributed by atoms with Crippen molar-refractivity contribution < 1.29 is 18.9 Å². The van der Waals surface area contributed by atoms with E-state index in [4.69, 9.17) is 30.5 Å². The van der Waals surface area contributed by atoms with Gasteiger partial charge >= 0.3 is 0 Å². The van der Waals surface area contributed by atoms with Crippen LogP contribution in [0.2, 0.25) is 5.02 Å². The van der Waals surface area contributed by atoms with Crippen LogP contribution in [-0.2, 0) is 4.74 Å². The number of methoxy groups -OCH3 is 1. The van der Waals surface area contributed by atoms with Crippen molar-refractivity contribution >= 4 is 17.7 Å². The number of hydrogen-bond acceptors (Lipinski definition) is 4. The topological polar surface area (TPSA) is 36.9 Å². The fourth-order valence-electron chi connectivity index (χ4n) is 2.16. The third-order valence-corrected chi connectivity index (χ3v) is 3.59. The van der Waals surface area contributed by atoms with Crippen LogP contribution in [-0.4, -0.2) is 33.5 Å². The van der Waals surface area contributed by atoms with Gasteiger partial charge in [0.1, 0.15) is 19.0 Å². The summed E-state index contributed by atoms with van der Waals surface area (Å²) in [6, 6.07) is 13.1. The summed E-state index contributed by atoms with van der Waals surface area (Å²) in [6.07, 6.45) is 3.99. The first-order valence-electron chi connectivity index (χ1n) is 8.12.